The summed E-state index contributed by atoms with van der Waals surface area (Å²) in [4.78, 5) is 12.8. The van der Waals surface area contributed by atoms with Gasteiger partial charge in [0.15, 0.2) is 5.78 Å². The molecule has 0 amide bonds. The highest BCUT2D eigenvalue weighted by atomic mass is 79.9. The zero-order valence-electron chi connectivity index (χ0n) is 11.4. The average molecular weight is 343 g/mol. The molecule has 0 aliphatic rings. The van der Waals surface area contributed by atoms with E-state index < -0.39 is 0 Å². The molecule has 0 spiro atoms. The van der Waals surface area contributed by atoms with Crippen LogP contribution in [0.4, 0.5) is 4.39 Å². The van der Waals surface area contributed by atoms with Crippen molar-refractivity contribution in [2.24, 2.45) is 0 Å². The van der Waals surface area contributed by atoms with Gasteiger partial charge in [-0.05, 0) is 57.4 Å². The molecule has 3 heteroatoms. The van der Waals surface area contributed by atoms with E-state index in [1.807, 2.05) is 43.3 Å². The molecule has 0 aliphatic heterocycles. The molecule has 0 unspecified atom stereocenters. The smallest absolute Gasteiger partial charge is 0.193 e. The number of carbonyl (C=O) groups is 1. The number of halogens is 2. The molecule has 21 heavy (non-hydrogen) atoms. The maximum atomic E-state index is 13.3. The Morgan fingerprint density at radius 1 is 1.05 bits per heavy atom. The summed E-state index contributed by atoms with van der Waals surface area (Å²) in [6.45, 7) is 1.91. The zero-order valence-corrected chi connectivity index (χ0v) is 12.9. The first-order valence-corrected chi connectivity index (χ1v) is 7.35. The van der Waals surface area contributed by atoms with Crippen LogP contribution in [0.15, 0.2) is 59.1 Å². The van der Waals surface area contributed by atoms with Crippen LogP contribution < -0.4 is 0 Å². The third kappa shape index (κ3) is 2.49. The number of hydrogen-bond donors (Lipinski definition) is 0. The van der Waals surface area contributed by atoms with Crippen molar-refractivity contribution in [3.05, 3.63) is 81.6 Å². The Morgan fingerprint density at radius 3 is 2.57 bits per heavy atom. The number of carbonyl (C=O) groups excluding carboxylic acids is 1. The predicted octanol–water partition coefficient (Wildman–Crippen LogP) is 5.28. The van der Waals surface area contributed by atoms with Gasteiger partial charge in [0.05, 0.1) is 4.47 Å². The van der Waals surface area contributed by atoms with Gasteiger partial charge in [-0.1, -0.05) is 36.4 Å². The summed E-state index contributed by atoms with van der Waals surface area (Å²) in [5, 5.41) is 1.94. The van der Waals surface area contributed by atoms with Crippen molar-refractivity contribution in [3.63, 3.8) is 0 Å². The minimum absolute atomic E-state index is 0.0926. The van der Waals surface area contributed by atoms with Crippen LogP contribution in [-0.2, 0) is 0 Å². The van der Waals surface area contributed by atoms with Gasteiger partial charge in [0.25, 0.3) is 0 Å². The van der Waals surface area contributed by atoms with Crippen LogP contribution in [0.5, 0.6) is 0 Å². The van der Waals surface area contributed by atoms with Gasteiger partial charge in [-0.3, -0.25) is 4.79 Å². The standard InChI is InChI=1S/C18H12BrFO/c1-11-6-7-12-4-2-3-5-14(12)17(11)18(21)13-8-9-16(20)15(19)10-13/h2-10H,1H3. The molecule has 0 heterocycles. The minimum Gasteiger partial charge on any atom is -0.289 e. The van der Waals surface area contributed by atoms with E-state index in [4.69, 9.17) is 0 Å². The third-order valence-corrected chi connectivity index (χ3v) is 4.15. The largest absolute Gasteiger partial charge is 0.289 e. The van der Waals surface area contributed by atoms with E-state index in [-0.39, 0.29) is 11.6 Å². The van der Waals surface area contributed by atoms with Gasteiger partial charge < -0.3 is 0 Å². The Kier molecular flexibility index (Phi) is 3.60. The molecule has 0 atom stereocenters. The lowest BCUT2D eigenvalue weighted by Gasteiger charge is -2.10. The Balaban J connectivity index is 2.21. The second-order valence-electron chi connectivity index (χ2n) is 4.94. The maximum Gasteiger partial charge on any atom is 0.193 e. The molecule has 0 saturated heterocycles. The van der Waals surface area contributed by atoms with E-state index in [0.717, 1.165) is 16.3 Å². The van der Waals surface area contributed by atoms with Crippen LogP contribution in [0.3, 0.4) is 0 Å². The van der Waals surface area contributed by atoms with Crippen LogP contribution >= 0.6 is 15.9 Å². The van der Waals surface area contributed by atoms with Gasteiger partial charge in [0.1, 0.15) is 5.82 Å². The third-order valence-electron chi connectivity index (χ3n) is 3.55. The number of rotatable bonds is 2. The normalized spacial score (nSPS) is 10.8. The highest BCUT2D eigenvalue weighted by Gasteiger charge is 2.16. The molecule has 0 N–H and O–H groups in total. The van der Waals surface area contributed by atoms with Crippen molar-refractivity contribution in [1.29, 1.82) is 0 Å². The molecule has 0 aliphatic carbocycles. The first-order valence-electron chi connectivity index (χ1n) is 6.56. The van der Waals surface area contributed by atoms with Crippen LogP contribution in [0.25, 0.3) is 10.8 Å². The van der Waals surface area contributed by atoms with E-state index in [1.54, 1.807) is 0 Å². The Hall–Kier alpha value is -2.00. The first kappa shape index (κ1) is 14.0. The summed E-state index contributed by atoms with van der Waals surface area (Å²) in [7, 11) is 0. The lowest BCUT2D eigenvalue weighted by atomic mass is 9.93. The monoisotopic (exact) mass is 342 g/mol. The van der Waals surface area contributed by atoms with E-state index in [0.29, 0.717) is 15.6 Å². The predicted molar refractivity (Wildman–Crippen MR) is 86.2 cm³/mol. The molecule has 104 valence electrons. The molecular weight excluding hydrogens is 331 g/mol. The van der Waals surface area contributed by atoms with Gasteiger partial charge in [0, 0.05) is 11.1 Å². The molecule has 0 aromatic heterocycles. The molecular formula is C18H12BrFO. The van der Waals surface area contributed by atoms with Crippen molar-refractivity contribution >= 4 is 32.5 Å². The molecule has 3 rings (SSSR count). The Morgan fingerprint density at radius 2 is 1.81 bits per heavy atom. The second-order valence-corrected chi connectivity index (χ2v) is 5.79. The van der Waals surface area contributed by atoms with Crippen molar-refractivity contribution in [2.75, 3.05) is 0 Å². The number of fused-ring (bicyclic) bond motifs is 1. The Labute approximate surface area is 130 Å². The highest BCUT2D eigenvalue weighted by molar-refractivity contribution is 9.10. The van der Waals surface area contributed by atoms with Crippen LogP contribution in [0.2, 0.25) is 0 Å². The van der Waals surface area contributed by atoms with Gasteiger partial charge in [-0.25, -0.2) is 4.39 Å². The fraction of sp³-hybridized carbons (Fsp3) is 0.0556. The van der Waals surface area contributed by atoms with Crippen molar-refractivity contribution < 1.29 is 9.18 Å². The Bertz CT molecular complexity index is 855. The summed E-state index contributed by atoms with van der Waals surface area (Å²) in [6, 6.07) is 16.1. The van der Waals surface area contributed by atoms with E-state index in [2.05, 4.69) is 15.9 Å². The van der Waals surface area contributed by atoms with Gasteiger partial charge in [0.2, 0.25) is 0 Å². The molecule has 0 bridgehead atoms. The van der Waals surface area contributed by atoms with Gasteiger partial charge >= 0.3 is 0 Å². The van der Waals surface area contributed by atoms with E-state index >= 15 is 0 Å². The summed E-state index contributed by atoms with van der Waals surface area (Å²) >= 11 is 3.13. The number of benzene rings is 3. The van der Waals surface area contributed by atoms with Crippen LogP contribution in [0.1, 0.15) is 21.5 Å². The SMILES string of the molecule is Cc1ccc2ccccc2c1C(=O)c1ccc(F)c(Br)c1. The fourth-order valence-corrected chi connectivity index (χ4v) is 2.84. The summed E-state index contributed by atoms with van der Waals surface area (Å²) < 4.78 is 13.6. The van der Waals surface area contributed by atoms with Crippen molar-refractivity contribution in [1.82, 2.24) is 0 Å². The van der Waals surface area contributed by atoms with Crippen molar-refractivity contribution in [3.8, 4) is 0 Å². The van der Waals surface area contributed by atoms with E-state index in [1.165, 1.54) is 18.2 Å². The first-order chi connectivity index (χ1) is 10.1. The molecule has 3 aromatic rings. The van der Waals surface area contributed by atoms with Crippen LogP contribution in [0, 0.1) is 12.7 Å². The van der Waals surface area contributed by atoms with Crippen molar-refractivity contribution in [2.45, 2.75) is 6.92 Å². The topological polar surface area (TPSA) is 17.1 Å². The maximum absolute atomic E-state index is 13.3. The second kappa shape index (κ2) is 5.41. The van der Waals surface area contributed by atoms with Gasteiger partial charge in [-0.2, -0.15) is 0 Å². The minimum atomic E-state index is -0.374. The number of hydrogen-bond acceptors (Lipinski definition) is 1. The fourth-order valence-electron chi connectivity index (χ4n) is 2.46. The average Bonchev–Trinajstić information content (AvgIpc) is 2.49. The lowest BCUT2D eigenvalue weighted by Crippen LogP contribution is -2.05. The van der Waals surface area contributed by atoms with Crippen LogP contribution in [-0.4, -0.2) is 5.78 Å². The molecule has 3 aromatic carbocycles. The zero-order chi connectivity index (χ0) is 15.0. The highest BCUT2D eigenvalue weighted by Crippen LogP contribution is 2.26. The quantitative estimate of drug-likeness (QED) is 0.579. The lowest BCUT2D eigenvalue weighted by molar-refractivity contribution is 0.103. The molecule has 0 radical (unpaired) electrons. The summed E-state index contributed by atoms with van der Waals surface area (Å²) in [5.41, 5.74) is 2.06. The summed E-state index contributed by atoms with van der Waals surface area (Å²) in [6.07, 6.45) is 0. The molecule has 1 nitrogen and oxygen atoms in total. The number of aryl methyl sites for hydroxylation is 1. The number of ketones is 1. The molecule has 0 fully saturated rings. The molecule has 0 saturated carbocycles. The summed E-state index contributed by atoms with van der Waals surface area (Å²) in [5.74, 6) is -0.466. The van der Waals surface area contributed by atoms with Gasteiger partial charge in [-0.15, -0.1) is 0 Å². The van der Waals surface area contributed by atoms with E-state index in [9.17, 15) is 9.18 Å².